The molecule has 0 atom stereocenters. The number of aryl methyl sites for hydroxylation is 1. The number of fused-ring (bicyclic) bond motifs is 3. The van der Waals surface area contributed by atoms with Crippen molar-refractivity contribution in [3.63, 3.8) is 0 Å². The molecule has 2 aromatic heterocycles. The molecule has 3 aromatic rings. The zero-order chi connectivity index (χ0) is 17.1. The zero-order valence-corrected chi connectivity index (χ0v) is 14.1. The maximum atomic E-state index is 12.5. The molecule has 128 valence electrons. The molecule has 7 nitrogen and oxygen atoms in total. The molecule has 0 unspecified atom stereocenters. The van der Waals surface area contributed by atoms with Gasteiger partial charge in [-0.2, -0.15) is 0 Å². The van der Waals surface area contributed by atoms with Gasteiger partial charge in [0.05, 0.1) is 24.1 Å². The van der Waals surface area contributed by atoms with Crippen LogP contribution in [0.25, 0.3) is 16.7 Å². The SMILES string of the molecule is CCCCN(CCO)Cc1nnc2n(C)c(=O)c3ccccc3n12. The van der Waals surface area contributed by atoms with Crippen molar-refractivity contribution >= 4 is 16.7 Å². The number of hydrogen-bond acceptors (Lipinski definition) is 5. The van der Waals surface area contributed by atoms with Gasteiger partial charge in [-0.1, -0.05) is 25.5 Å². The molecule has 0 amide bonds. The van der Waals surface area contributed by atoms with Crippen molar-refractivity contribution in [3.05, 3.63) is 40.4 Å². The first-order chi connectivity index (χ1) is 11.7. The van der Waals surface area contributed by atoms with Gasteiger partial charge in [-0.3, -0.25) is 18.7 Å². The van der Waals surface area contributed by atoms with Crippen LogP contribution < -0.4 is 5.56 Å². The molecule has 2 heterocycles. The molecule has 1 aromatic carbocycles. The van der Waals surface area contributed by atoms with Crippen molar-refractivity contribution in [1.82, 2.24) is 24.1 Å². The number of nitrogens with zero attached hydrogens (tertiary/aromatic N) is 5. The van der Waals surface area contributed by atoms with Crippen LogP contribution in [-0.4, -0.2) is 48.9 Å². The van der Waals surface area contributed by atoms with Gasteiger partial charge >= 0.3 is 0 Å². The Kier molecular flexibility index (Phi) is 4.92. The predicted octanol–water partition coefficient (Wildman–Crippen LogP) is 1.18. The third-order valence-electron chi connectivity index (χ3n) is 4.30. The van der Waals surface area contributed by atoms with Crippen LogP contribution in [0.3, 0.4) is 0 Å². The van der Waals surface area contributed by atoms with Crippen LogP contribution in [0.2, 0.25) is 0 Å². The maximum absolute atomic E-state index is 12.5. The Hall–Kier alpha value is -2.25. The fourth-order valence-electron chi connectivity index (χ4n) is 2.99. The van der Waals surface area contributed by atoms with E-state index in [-0.39, 0.29) is 12.2 Å². The van der Waals surface area contributed by atoms with E-state index in [1.165, 1.54) is 4.57 Å². The standard InChI is InChI=1S/C17H23N5O2/c1-3-4-9-21(10-11-23)12-15-18-19-17-20(2)16(24)13-7-5-6-8-14(13)22(15)17/h5-8,23H,3-4,9-12H2,1-2H3. The van der Waals surface area contributed by atoms with Crippen LogP contribution >= 0.6 is 0 Å². The van der Waals surface area contributed by atoms with Crippen molar-refractivity contribution in [2.24, 2.45) is 7.05 Å². The van der Waals surface area contributed by atoms with E-state index >= 15 is 0 Å². The second kappa shape index (κ2) is 7.11. The molecule has 3 rings (SSSR count). The average molecular weight is 329 g/mol. The summed E-state index contributed by atoms with van der Waals surface area (Å²) < 4.78 is 3.47. The molecule has 0 radical (unpaired) electrons. The van der Waals surface area contributed by atoms with E-state index in [1.54, 1.807) is 7.05 Å². The van der Waals surface area contributed by atoms with Gasteiger partial charge in [0.2, 0.25) is 5.78 Å². The van der Waals surface area contributed by atoms with E-state index in [0.29, 0.717) is 24.3 Å². The molecular formula is C17H23N5O2. The Morgan fingerprint density at radius 1 is 1.21 bits per heavy atom. The van der Waals surface area contributed by atoms with Gasteiger partial charge in [0, 0.05) is 13.6 Å². The highest BCUT2D eigenvalue weighted by Gasteiger charge is 2.16. The number of aliphatic hydroxyl groups excluding tert-OH is 1. The first-order valence-electron chi connectivity index (χ1n) is 8.32. The molecule has 0 aliphatic carbocycles. The lowest BCUT2D eigenvalue weighted by atomic mass is 10.2. The summed E-state index contributed by atoms with van der Waals surface area (Å²) in [4.78, 5) is 14.6. The molecular weight excluding hydrogens is 306 g/mol. The summed E-state index contributed by atoms with van der Waals surface area (Å²) >= 11 is 0. The monoisotopic (exact) mass is 329 g/mol. The minimum Gasteiger partial charge on any atom is -0.395 e. The fraction of sp³-hybridized carbons (Fsp3) is 0.471. The average Bonchev–Trinajstić information content (AvgIpc) is 3.01. The van der Waals surface area contributed by atoms with Crippen molar-refractivity contribution in [2.45, 2.75) is 26.3 Å². The molecule has 0 aliphatic rings. The van der Waals surface area contributed by atoms with Crippen LogP contribution in [0.1, 0.15) is 25.6 Å². The predicted molar refractivity (Wildman–Crippen MR) is 93.0 cm³/mol. The first-order valence-corrected chi connectivity index (χ1v) is 8.32. The van der Waals surface area contributed by atoms with Crippen molar-refractivity contribution < 1.29 is 5.11 Å². The summed E-state index contributed by atoms with van der Waals surface area (Å²) in [6.07, 6.45) is 2.16. The van der Waals surface area contributed by atoms with Crippen LogP contribution in [0.4, 0.5) is 0 Å². The molecule has 7 heteroatoms. The second-order valence-corrected chi connectivity index (χ2v) is 5.99. The van der Waals surface area contributed by atoms with Gasteiger partial charge in [0.15, 0.2) is 5.82 Å². The number of unbranched alkanes of at least 4 members (excludes halogenated alkanes) is 1. The summed E-state index contributed by atoms with van der Waals surface area (Å²) in [7, 11) is 1.71. The lowest BCUT2D eigenvalue weighted by Crippen LogP contribution is -2.29. The lowest BCUT2D eigenvalue weighted by Gasteiger charge is -2.20. The van der Waals surface area contributed by atoms with Crippen LogP contribution in [-0.2, 0) is 13.6 Å². The van der Waals surface area contributed by atoms with Gasteiger partial charge in [-0.05, 0) is 25.1 Å². The van der Waals surface area contributed by atoms with Crippen LogP contribution in [0.5, 0.6) is 0 Å². The van der Waals surface area contributed by atoms with Gasteiger partial charge in [-0.25, -0.2) is 0 Å². The Morgan fingerprint density at radius 2 is 2.00 bits per heavy atom. The molecule has 0 fully saturated rings. The minimum absolute atomic E-state index is 0.0738. The lowest BCUT2D eigenvalue weighted by molar-refractivity contribution is 0.185. The molecule has 0 aliphatic heterocycles. The highest BCUT2D eigenvalue weighted by Crippen LogP contribution is 2.15. The highest BCUT2D eigenvalue weighted by molar-refractivity contribution is 5.80. The number of hydrogen-bond donors (Lipinski definition) is 1. The summed E-state index contributed by atoms with van der Waals surface area (Å²) in [5.41, 5.74) is 0.741. The molecule has 0 saturated carbocycles. The largest absolute Gasteiger partial charge is 0.395 e. The minimum atomic E-state index is -0.0738. The zero-order valence-electron chi connectivity index (χ0n) is 14.1. The Bertz CT molecular complexity index is 899. The second-order valence-electron chi connectivity index (χ2n) is 5.99. The topological polar surface area (TPSA) is 75.7 Å². The van der Waals surface area contributed by atoms with Crippen LogP contribution in [0.15, 0.2) is 29.1 Å². The molecule has 24 heavy (non-hydrogen) atoms. The first kappa shape index (κ1) is 16.6. The summed E-state index contributed by atoms with van der Waals surface area (Å²) in [6.45, 7) is 4.34. The number of benzene rings is 1. The van der Waals surface area contributed by atoms with Gasteiger partial charge in [-0.15, -0.1) is 10.2 Å². The van der Waals surface area contributed by atoms with E-state index in [2.05, 4.69) is 22.0 Å². The van der Waals surface area contributed by atoms with Crippen molar-refractivity contribution in [3.8, 4) is 0 Å². The van der Waals surface area contributed by atoms with E-state index < -0.39 is 0 Å². The quantitative estimate of drug-likeness (QED) is 0.704. The van der Waals surface area contributed by atoms with E-state index in [0.717, 1.165) is 30.7 Å². The van der Waals surface area contributed by atoms with Crippen LogP contribution in [0, 0.1) is 0 Å². The van der Waals surface area contributed by atoms with Gasteiger partial charge < -0.3 is 5.11 Å². The normalized spacial score (nSPS) is 11.8. The number of aliphatic hydroxyl groups is 1. The Labute approximate surface area is 140 Å². The van der Waals surface area contributed by atoms with Crippen molar-refractivity contribution in [1.29, 1.82) is 0 Å². The van der Waals surface area contributed by atoms with Gasteiger partial charge in [0.1, 0.15) is 0 Å². The summed E-state index contributed by atoms with van der Waals surface area (Å²) in [6, 6.07) is 7.51. The smallest absolute Gasteiger partial charge is 0.262 e. The molecule has 0 spiro atoms. The molecule has 0 saturated heterocycles. The fourth-order valence-corrected chi connectivity index (χ4v) is 2.99. The summed E-state index contributed by atoms with van der Waals surface area (Å²) in [5, 5.41) is 18.5. The third-order valence-corrected chi connectivity index (χ3v) is 4.30. The number of para-hydroxylation sites is 1. The maximum Gasteiger partial charge on any atom is 0.262 e. The number of rotatable bonds is 7. The third kappa shape index (κ3) is 2.92. The Morgan fingerprint density at radius 3 is 2.75 bits per heavy atom. The number of aromatic nitrogens is 4. The van der Waals surface area contributed by atoms with Gasteiger partial charge in [0.25, 0.3) is 5.56 Å². The van der Waals surface area contributed by atoms with E-state index in [1.807, 2.05) is 28.7 Å². The van der Waals surface area contributed by atoms with E-state index in [4.69, 9.17) is 0 Å². The van der Waals surface area contributed by atoms with Crippen molar-refractivity contribution in [2.75, 3.05) is 19.7 Å². The summed E-state index contributed by atoms with van der Waals surface area (Å²) in [5.74, 6) is 1.31. The molecule has 1 N–H and O–H groups in total. The molecule has 0 bridgehead atoms. The van der Waals surface area contributed by atoms with E-state index in [9.17, 15) is 9.90 Å². The highest BCUT2D eigenvalue weighted by atomic mass is 16.3. The Balaban J connectivity index is 2.11.